The second-order valence-electron chi connectivity index (χ2n) is 3.19. The number of allylic oxidation sites excluding steroid dienone is 3. The first-order chi connectivity index (χ1) is 4.52. The fraction of sp³-hybridized carbons (Fsp3) is 0.444. The van der Waals surface area contributed by atoms with Crippen LogP contribution < -0.4 is 0 Å². The molecular weight excluding hydrogens is 159 g/mol. The summed E-state index contributed by atoms with van der Waals surface area (Å²) in [6.45, 7) is 11.8. The van der Waals surface area contributed by atoms with Crippen molar-refractivity contribution in [1.29, 1.82) is 0 Å². The van der Waals surface area contributed by atoms with Crippen LogP contribution in [0.2, 0.25) is 0 Å². The molecular formula is C9H13V-. The molecule has 0 fully saturated rings. The van der Waals surface area contributed by atoms with Crippen LogP contribution in [-0.4, -0.2) is 4.73 Å². The average molecular weight is 172 g/mol. The zero-order chi connectivity index (χ0) is 8.20. The first-order valence-corrected chi connectivity index (χ1v) is 4.06. The summed E-state index contributed by atoms with van der Waals surface area (Å²) in [5, 5.41) is 0. The standard InChI is InChI=1S/C9H13.V/c1-6-8(7-2)9(3,4)5;/h1-2,6-7H,3-5H3;/q-1;. The van der Waals surface area contributed by atoms with Crippen molar-refractivity contribution in [2.75, 3.05) is 0 Å². The van der Waals surface area contributed by atoms with Gasteiger partial charge in [-0.2, -0.15) is 0 Å². The second kappa shape index (κ2) is 3.95. The van der Waals surface area contributed by atoms with Crippen molar-refractivity contribution in [3.63, 3.8) is 0 Å². The van der Waals surface area contributed by atoms with Gasteiger partial charge in [-0.1, -0.05) is 0 Å². The summed E-state index contributed by atoms with van der Waals surface area (Å²) in [5.41, 5.74) is 1.32. The minimum atomic E-state index is 0.158. The molecule has 55 valence electrons. The van der Waals surface area contributed by atoms with Crippen molar-refractivity contribution in [2.24, 2.45) is 5.41 Å². The average Bonchev–Trinajstić information content (AvgIpc) is 1.80. The van der Waals surface area contributed by atoms with E-state index in [-0.39, 0.29) is 5.41 Å². The van der Waals surface area contributed by atoms with Gasteiger partial charge in [0.1, 0.15) is 0 Å². The third kappa shape index (κ3) is 3.19. The van der Waals surface area contributed by atoms with Gasteiger partial charge in [0.15, 0.2) is 0 Å². The molecule has 0 radical (unpaired) electrons. The summed E-state index contributed by atoms with van der Waals surface area (Å²) in [4.78, 5) is 0. The first-order valence-electron chi connectivity index (χ1n) is 3.25. The Hall–Kier alpha value is -0.0656. The predicted octanol–water partition coefficient (Wildman–Crippen LogP) is 2.30. The van der Waals surface area contributed by atoms with E-state index in [0.29, 0.717) is 0 Å². The van der Waals surface area contributed by atoms with Gasteiger partial charge in [0.2, 0.25) is 0 Å². The van der Waals surface area contributed by atoms with Crippen molar-refractivity contribution in [1.82, 2.24) is 0 Å². The zero-order valence-corrected chi connectivity index (χ0v) is 8.15. The molecule has 0 saturated carbocycles. The van der Waals surface area contributed by atoms with Crippen LogP contribution in [0.5, 0.6) is 0 Å². The maximum absolute atomic E-state index is 5.42. The summed E-state index contributed by atoms with van der Waals surface area (Å²) in [6.07, 6.45) is 3.67. The molecule has 0 amide bonds. The molecule has 0 aromatic rings. The Balaban J connectivity index is 4.51. The van der Waals surface area contributed by atoms with Gasteiger partial charge in [-0.3, -0.25) is 0 Å². The van der Waals surface area contributed by atoms with E-state index in [9.17, 15) is 0 Å². The van der Waals surface area contributed by atoms with Gasteiger partial charge in [-0.05, 0) is 0 Å². The number of hydrogen-bond acceptors (Lipinski definition) is 0. The molecule has 0 saturated heterocycles. The molecule has 0 bridgehead atoms. The minimum absolute atomic E-state index is 0.158. The van der Waals surface area contributed by atoms with Crippen LogP contribution in [0.25, 0.3) is 0 Å². The molecule has 0 spiro atoms. The number of rotatable bonds is 2. The van der Waals surface area contributed by atoms with E-state index >= 15 is 0 Å². The molecule has 0 rings (SSSR count). The van der Waals surface area contributed by atoms with E-state index in [4.69, 9.17) is 6.58 Å². The van der Waals surface area contributed by atoms with E-state index in [0.717, 1.165) is 5.57 Å². The number of hydrogen-bond donors (Lipinski definition) is 0. The van der Waals surface area contributed by atoms with Gasteiger partial charge in [-0.25, -0.2) is 0 Å². The normalized spacial score (nSPS) is 12.8. The van der Waals surface area contributed by atoms with Gasteiger partial charge < -0.3 is 0 Å². The van der Waals surface area contributed by atoms with E-state index in [1.165, 1.54) is 0 Å². The van der Waals surface area contributed by atoms with Gasteiger partial charge in [0.05, 0.1) is 0 Å². The fourth-order valence-corrected chi connectivity index (χ4v) is 0.887. The monoisotopic (exact) mass is 172 g/mol. The van der Waals surface area contributed by atoms with Gasteiger partial charge in [0, 0.05) is 0 Å². The maximum atomic E-state index is 5.42. The molecule has 0 atom stereocenters. The van der Waals surface area contributed by atoms with Crippen LogP contribution in [0.1, 0.15) is 20.8 Å². The molecule has 1 heteroatoms. The topological polar surface area (TPSA) is 0 Å². The SMILES string of the molecule is [CH-]=CC(=C[CH]=[V])C(C)(C)C. The van der Waals surface area contributed by atoms with Crippen LogP contribution in [0.15, 0.2) is 17.7 Å². The van der Waals surface area contributed by atoms with Crippen LogP contribution >= 0.6 is 0 Å². The molecule has 0 aliphatic heterocycles. The summed E-state index contributed by atoms with van der Waals surface area (Å²) >= 11 is 2.40. The van der Waals surface area contributed by atoms with Crippen molar-refractivity contribution in [3.05, 3.63) is 24.3 Å². The molecule has 0 unspecified atom stereocenters. The fourth-order valence-electron chi connectivity index (χ4n) is 0.636. The van der Waals surface area contributed by atoms with Crippen LogP contribution in [0.4, 0.5) is 0 Å². The van der Waals surface area contributed by atoms with Gasteiger partial charge in [0.25, 0.3) is 0 Å². The Morgan fingerprint density at radius 3 is 2.00 bits per heavy atom. The first kappa shape index (κ1) is 9.93. The molecule has 0 heterocycles. The summed E-state index contributed by atoms with van der Waals surface area (Å²) in [7, 11) is 0. The van der Waals surface area contributed by atoms with Crippen LogP contribution in [-0.2, 0) is 17.0 Å². The van der Waals surface area contributed by atoms with Crippen molar-refractivity contribution < 1.29 is 17.0 Å². The summed E-state index contributed by atoms with van der Waals surface area (Å²) < 4.78 is 1.94. The van der Waals surface area contributed by atoms with Crippen molar-refractivity contribution in [2.45, 2.75) is 20.8 Å². The Morgan fingerprint density at radius 1 is 1.40 bits per heavy atom. The molecule has 0 nitrogen and oxygen atoms in total. The Bertz CT molecular complexity index is 158. The van der Waals surface area contributed by atoms with E-state index in [1.807, 2.05) is 10.8 Å². The Labute approximate surface area is 72.5 Å². The summed E-state index contributed by atoms with van der Waals surface area (Å²) in [5.74, 6) is 0. The quantitative estimate of drug-likeness (QED) is 0.443. The van der Waals surface area contributed by atoms with Crippen molar-refractivity contribution >= 4 is 4.73 Å². The third-order valence-corrected chi connectivity index (χ3v) is 1.53. The Kier molecular flexibility index (Phi) is 3.92. The molecule has 10 heavy (non-hydrogen) atoms. The van der Waals surface area contributed by atoms with E-state index in [2.05, 4.69) is 37.8 Å². The van der Waals surface area contributed by atoms with Gasteiger partial charge >= 0.3 is 72.2 Å². The van der Waals surface area contributed by atoms with E-state index < -0.39 is 0 Å². The zero-order valence-electron chi connectivity index (χ0n) is 6.76. The van der Waals surface area contributed by atoms with E-state index in [1.54, 1.807) is 6.08 Å². The third-order valence-electron chi connectivity index (χ3n) is 1.30. The molecule has 0 aromatic heterocycles. The van der Waals surface area contributed by atoms with Crippen LogP contribution in [0, 0.1) is 12.0 Å². The summed E-state index contributed by atoms with van der Waals surface area (Å²) in [6, 6.07) is 0. The predicted molar refractivity (Wildman–Crippen MR) is 42.5 cm³/mol. The second-order valence-corrected chi connectivity index (χ2v) is 3.65. The molecule has 0 aromatic carbocycles. The van der Waals surface area contributed by atoms with Crippen LogP contribution in [0.3, 0.4) is 0 Å². The molecule has 0 N–H and O–H groups in total. The Morgan fingerprint density at radius 2 is 1.90 bits per heavy atom. The van der Waals surface area contributed by atoms with Gasteiger partial charge in [-0.15, -0.1) is 0 Å². The van der Waals surface area contributed by atoms with Crippen molar-refractivity contribution in [3.8, 4) is 0 Å². The molecule has 0 aliphatic rings. The molecule has 0 aliphatic carbocycles.